The van der Waals surface area contributed by atoms with E-state index in [9.17, 15) is 27.6 Å². The molecule has 3 amide bonds. The fourth-order valence-electron chi connectivity index (χ4n) is 6.24. The largest absolute Gasteiger partial charge is 0.489 e. The summed E-state index contributed by atoms with van der Waals surface area (Å²) in [5, 5.41) is 2.32. The number of piperidine rings is 1. The van der Waals surface area contributed by atoms with E-state index in [4.69, 9.17) is 4.74 Å². The third kappa shape index (κ3) is 4.99. The number of imide groups is 1. The predicted molar refractivity (Wildman–Crippen MR) is 133 cm³/mol. The maximum absolute atomic E-state index is 13.0. The first kappa shape index (κ1) is 25.8. The summed E-state index contributed by atoms with van der Waals surface area (Å²) in [6, 6.07) is 7.52. The standard InChI is InChI=1S/C28H29F3N4O4/c29-28(30,31)24-9-5-16(12-32-24)18-13-34(14-18)21-3-1-2-4-23(21)39-19-6-7-20-17(11-19)15-35(27(20)38)22-8-10-25(36)33-26(22)37/h5-7,9,11-12,18,21-23H,1-4,8,10,13-15H2,(H,33,36,37)/t21-,22?,23-/m1/s1. The number of nitrogens with zero attached hydrogens (tertiary/aromatic N) is 3. The average molecular weight is 543 g/mol. The lowest BCUT2D eigenvalue weighted by Crippen LogP contribution is -2.57. The zero-order valence-electron chi connectivity index (χ0n) is 21.2. The number of carbonyl (C=O) groups is 3. The van der Waals surface area contributed by atoms with Gasteiger partial charge >= 0.3 is 6.18 Å². The molecule has 6 rings (SSSR count). The normalized spacial score (nSPS) is 26.3. The highest BCUT2D eigenvalue weighted by Gasteiger charge is 2.41. The second kappa shape index (κ2) is 9.93. The molecule has 4 heterocycles. The summed E-state index contributed by atoms with van der Waals surface area (Å²) in [7, 11) is 0. The maximum Gasteiger partial charge on any atom is 0.433 e. The van der Waals surface area contributed by atoms with Crippen molar-refractivity contribution in [2.45, 2.75) is 75.4 Å². The molecule has 11 heteroatoms. The number of hydrogen-bond donors (Lipinski definition) is 1. The van der Waals surface area contributed by atoms with E-state index in [1.165, 1.54) is 17.2 Å². The van der Waals surface area contributed by atoms with Gasteiger partial charge in [-0.1, -0.05) is 12.5 Å². The van der Waals surface area contributed by atoms with E-state index in [1.807, 2.05) is 6.07 Å². The van der Waals surface area contributed by atoms with Crippen molar-refractivity contribution in [1.29, 1.82) is 0 Å². The van der Waals surface area contributed by atoms with Crippen molar-refractivity contribution in [2.24, 2.45) is 0 Å². The molecular formula is C28H29F3N4O4. The Morgan fingerprint density at radius 2 is 1.79 bits per heavy atom. The summed E-state index contributed by atoms with van der Waals surface area (Å²) in [6.45, 7) is 1.79. The Balaban J connectivity index is 1.09. The Hall–Kier alpha value is -3.47. The van der Waals surface area contributed by atoms with Gasteiger partial charge in [0.25, 0.3) is 5.91 Å². The molecule has 1 aromatic carbocycles. The van der Waals surface area contributed by atoms with Crippen LogP contribution in [-0.2, 0) is 22.3 Å². The first-order valence-electron chi connectivity index (χ1n) is 13.4. The number of rotatable bonds is 5. The molecular weight excluding hydrogens is 513 g/mol. The molecule has 0 bridgehead atoms. The minimum absolute atomic E-state index is 0.0353. The van der Waals surface area contributed by atoms with Gasteiger partial charge in [0, 0.05) is 49.8 Å². The van der Waals surface area contributed by atoms with Gasteiger partial charge in [-0.3, -0.25) is 29.6 Å². The van der Waals surface area contributed by atoms with Crippen LogP contribution in [0.25, 0.3) is 0 Å². The maximum atomic E-state index is 13.0. The number of amides is 3. The Bertz CT molecular complexity index is 1290. The van der Waals surface area contributed by atoms with Crippen molar-refractivity contribution in [1.82, 2.24) is 20.1 Å². The molecule has 0 spiro atoms. The summed E-state index contributed by atoms with van der Waals surface area (Å²) in [5.41, 5.74) is 1.28. The van der Waals surface area contributed by atoms with Crippen LogP contribution in [0.5, 0.6) is 5.75 Å². The van der Waals surface area contributed by atoms with E-state index >= 15 is 0 Å². The van der Waals surface area contributed by atoms with Gasteiger partial charge in [0.15, 0.2) is 0 Å². The molecule has 2 saturated heterocycles. The van der Waals surface area contributed by atoms with Gasteiger partial charge in [-0.05, 0) is 61.1 Å². The highest BCUT2D eigenvalue weighted by molar-refractivity contribution is 6.05. The molecule has 206 valence electrons. The van der Waals surface area contributed by atoms with E-state index in [1.54, 1.807) is 12.1 Å². The van der Waals surface area contributed by atoms with Crippen LogP contribution >= 0.6 is 0 Å². The molecule has 0 radical (unpaired) electrons. The summed E-state index contributed by atoms with van der Waals surface area (Å²) < 4.78 is 45.0. The minimum atomic E-state index is -4.44. The van der Waals surface area contributed by atoms with Crippen LogP contribution in [0.1, 0.15) is 71.6 Å². The van der Waals surface area contributed by atoms with Gasteiger partial charge in [-0.25, -0.2) is 0 Å². The van der Waals surface area contributed by atoms with E-state index in [0.717, 1.165) is 56.0 Å². The van der Waals surface area contributed by atoms with E-state index in [-0.39, 0.29) is 36.3 Å². The molecule has 4 aliphatic rings. The van der Waals surface area contributed by atoms with E-state index in [2.05, 4.69) is 15.2 Å². The van der Waals surface area contributed by atoms with Crippen molar-refractivity contribution < 1.29 is 32.3 Å². The fourth-order valence-corrected chi connectivity index (χ4v) is 6.24. The molecule has 3 aliphatic heterocycles. The lowest BCUT2D eigenvalue weighted by molar-refractivity contribution is -0.141. The SMILES string of the molecule is O=C1CCC(N2Cc3cc(O[C@@H]4CCCC[C@H]4N4CC(c5ccc(C(F)(F)F)nc5)C4)ccc3C2=O)C(=O)N1. The second-order valence-corrected chi connectivity index (χ2v) is 10.9. The quantitative estimate of drug-likeness (QED) is 0.580. The molecule has 3 fully saturated rings. The predicted octanol–water partition coefficient (Wildman–Crippen LogP) is 3.65. The van der Waals surface area contributed by atoms with Crippen molar-refractivity contribution in [3.63, 3.8) is 0 Å². The highest BCUT2D eigenvalue weighted by Crippen LogP contribution is 2.37. The van der Waals surface area contributed by atoms with Crippen LogP contribution in [0.4, 0.5) is 13.2 Å². The average Bonchev–Trinajstić information content (AvgIpc) is 3.19. The van der Waals surface area contributed by atoms with Crippen LogP contribution in [-0.4, -0.2) is 63.8 Å². The van der Waals surface area contributed by atoms with Crippen molar-refractivity contribution in [3.8, 4) is 5.75 Å². The summed E-state index contributed by atoms with van der Waals surface area (Å²) >= 11 is 0. The monoisotopic (exact) mass is 542 g/mol. The Kier molecular flexibility index (Phi) is 6.57. The zero-order valence-corrected chi connectivity index (χ0v) is 21.2. The van der Waals surface area contributed by atoms with Gasteiger partial charge in [0.05, 0.1) is 0 Å². The van der Waals surface area contributed by atoms with Crippen LogP contribution in [0.2, 0.25) is 0 Å². The Labute approximate surface area is 223 Å². The smallest absolute Gasteiger partial charge is 0.433 e. The molecule has 1 N–H and O–H groups in total. The Morgan fingerprint density at radius 3 is 2.51 bits per heavy atom. The summed E-state index contributed by atoms with van der Waals surface area (Å²) in [5.74, 6) is -0.151. The molecule has 2 aromatic rings. The van der Waals surface area contributed by atoms with Crippen molar-refractivity contribution >= 4 is 17.7 Å². The number of likely N-dealkylation sites (tertiary alicyclic amines) is 1. The first-order valence-corrected chi connectivity index (χ1v) is 13.4. The molecule has 1 unspecified atom stereocenters. The number of alkyl halides is 3. The van der Waals surface area contributed by atoms with Crippen LogP contribution in [0.3, 0.4) is 0 Å². The molecule has 1 aromatic heterocycles. The lowest BCUT2D eigenvalue weighted by atomic mass is 9.84. The number of benzene rings is 1. The number of pyridine rings is 1. The number of carbonyl (C=O) groups excluding carboxylic acids is 3. The molecule has 1 saturated carbocycles. The van der Waals surface area contributed by atoms with Crippen molar-refractivity contribution in [3.05, 3.63) is 58.9 Å². The number of nitrogens with one attached hydrogen (secondary N) is 1. The molecule has 1 aliphatic carbocycles. The van der Waals surface area contributed by atoms with E-state index < -0.39 is 23.8 Å². The third-order valence-corrected chi connectivity index (χ3v) is 8.38. The van der Waals surface area contributed by atoms with Crippen molar-refractivity contribution in [2.75, 3.05) is 13.1 Å². The summed E-state index contributed by atoms with van der Waals surface area (Å²) in [4.78, 5) is 44.3. The first-order chi connectivity index (χ1) is 18.7. The van der Waals surface area contributed by atoms with Gasteiger partial charge in [0.2, 0.25) is 11.8 Å². The number of fused-ring (bicyclic) bond motifs is 1. The van der Waals surface area contributed by atoms with Gasteiger partial charge in [0.1, 0.15) is 23.6 Å². The van der Waals surface area contributed by atoms with Gasteiger partial charge in [-0.15, -0.1) is 0 Å². The zero-order chi connectivity index (χ0) is 27.3. The highest BCUT2D eigenvalue weighted by atomic mass is 19.4. The third-order valence-electron chi connectivity index (χ3n) is 8.38. The van der Waals surface area contributed by atoms with Crippen LogP contribution in [0, 0.1) is 0 Å². The van der Waals surface area contributed by atoms with Gasteiger partial charge in [-0.2, -0.15) is 13.2 Å². The number of hydrogen-bond acceptors (Lipinski definition) is 6. The number of halogens is 3. The van der Waals surface area contributed by atoms with Gasteiger partial charge < -0.3 is 9.64 Å². The molecule has 39 heavy (non-hydrogen) atoms. The molecule has 8 nitrogen and oxygen atoms in total. The number of aromatic nitrogens is 1. The van der Waals surface area contributed by atoms with Crippen LogP contribution < -0.4 is 10.1 Å². The summed E-state index contributed by atoms with van der Waals surface area (Å²) in [6.07, 6.45) is 1.40. The second-order valence-electron chi connectivity index (χ2n) is 10.9. The topological polar surface area (TPSA) is 91.8 Å². The number of ether oxygens (including phenoxy) is 1. The Morgan fingerprint density at radius 1 is 1.00 bits per heavy atom. The molecule has 3 atom stereocenters. The van der Waals surface area contributed by atoms with Crippen LogP contribution in [0.15, 0.2) is 36.5 Å². The fraction of sp³-hybridized carbons (Fsp3) is 0.500. The lowest BCUT2D eigenvalue weighted by Gasteiger charge is -2.48. The van der Waals surface area contributed by atoms with E-state index in [0.29, 0.717) is 24.3 Å². The minimum Gasteiger partial charge on any atom is -0.489 e.